The van der Waals surface area contributed by atoms with Gasteiger partial charge in [-0.3, -0.25) is 0 Å². The van der Waals surface area contributed by atoms with Crippen LogP contribution in [0.25, 0.3) is 0 Å². The molecule has 4 nitrogen and oxygen atoms in total. The minimum absolute atomic E-state index is 0.485. The van der Waals surface area contributed by atoms with Crippen LogP contribution in [-0.4, -0.2) is 23.1 Å². The minimum Gasteiger partial charge on any atom is -0.492 e. The van der Waals surface area contributed by atoms with E-state index in [0.717, 1.165) is 17.1 Å². The normalized spacial score (nSPS) is 10.3. The molecule has 0 spiro atoms. The van der Waals surface area contributed by atoms with Crippen LogP contribution in [0.3, 0.4) is 0 Å². The Labute approximate surface area is 117 Å². The number of rotatable bonds is 5. The molecular weight excluding hydrogens is 262 g/mol. The van der Waals surface area contributed by atoms with Crippen molar-refractivity contribution in [3.05, 3.63) is 46.9 Å². The highest BCUT2D eigenvalue weighted by Gasteiger charge is 2.06. The Morgan fingerprint density at radius 3 is 2.63 bits per heavy atom. The Hall–Kier alpha value is -1.81. The van der Waals surface area contributed by atoms with Crippen LogP contribution >= 0.6 is 11.6 Å². The molecule has 0 bridgehead atoms. The van der Waals surface area contributed by atoms with Gasteiger partial charge in [-0.2, -0.15) is 0 Å². The zero-order valence-corrected chi connectivity index (χ0v) is 11.7. The number of aryl methyl sites for hydroxylation is 1. The predicted octanol–water partition coefficient (Wildman–Crippen LogP) is 3.24. The average molecular weight is 278 g/mol. The van der Waals surface area contributed by atoms with E-state index in [1.807, 2.05) is 44.2 Å². The van der Waals surface area contributed by atoms with Crippen LogP contribution in [0, 0.1) is 13.8 Å². The second kappa shape index (κ2) is 6.38. The molecule has 0 fully saturated rings. The molecule has 0 radical (unpaired) electrons. The van der Waals surface area contributed by atoms with E-state index in [1.54, 1.807) is 0 Å². The molecule has 0 amide bonds. The molecule has 19 heavy (non-hydrogen) atoms. The first kappa shape index (κ1) is 13.6. The average Bonchev–Trinajstić information content (AvgIpc) is 2.41. The maximum Gasteiger partial charge on any atom is 0.137 e. The second-order valence-electron chi connectivity index (χ2n) is 4.12. The summed E-state index contributed by atoms with van der Waals surface area (Å²) in [5, 5.41) is 3.69. The highest BCUT2D eigenvalue weighted by molar-refractivity contribution is 6.30. The SMILES string of the molecule is Cc1nc(Cl)c(C)c(NCCOc2ccccc2)n1. The molecule has 0 saturated heterocycles. The van der Waals surface area contributed by atoms with Crippen molar-refractivity contribution in [1.82, 2.24) is 9.97 Å². The van der Waals surface area contributed by atoms with Gasteiger partial charge in [0.1, 0.15) is 29.2 Å². The number of halogens is 1. The Kier molecular flexibility index (Phi) is 4.58. The van der Waals surface area contributed by atoms with E-state index >= 15 is 0 Å². The maximum atomic E-state index is 6.01. The van der Waals surface area contributed by atoms with Crippen molar-refractivity contribution in [2.75, 3.05) is 18.5 Å². The van der Waals surface area contributed by atoms with Crippen LogP contribution in [0.4, 0.5) is 5.82 Å². The number of hydrogen-bond acceptors (Lipinski definition) is 4. The highest BCUT2D eigenvalue weighted by atomic mass is 35.5. The first-order chi connectivity index (χ1) is 9.16. The monoisotopic (exact) mass is 277 g/mol. The number of benzene rings is 1. The lowest BCUT2D eigenvalue weighted by Gasteiger charge is -2.11. The topological polar surface area (TPSA) is 47.0 Å². The zero-order chi connectivity index (χ0) is 13.7. The van der Waals surface area contributed by atoms with E-state index < -0.39 is 0 Å². The van der Waals surface area contributed by atoms with Crippen LogP contribution in [0.15, 0.2) is 30.3 Å². The fourth-order valence-corrected chi connectivity index (χ4v) is 1.83. The van der Waals surface area contributed by atoms with Crippen molar-refractivity contribution >= 4 is 17.4 Å². The van der Waals surface area contributed by atoms with E-state index in [-0.39, 0.29) is 0 Å². The molecule has 1 N–H and O–H groups in total. The summed E-state index contributed by atoms with van der Waals surface area (Å²) in [6.45, 7) is 4.92. The standard InChI is InChI=1S/C14H16ClN3O/c1-10-13(15)17-11(2)18-14(10)16-8-9-19-12-6-4-3-5-7-12/h3-7H,8-9H2,1-2H3,(H,16,17,18). The third kappa shape index (κ3) is 3.83. The number of nitrogens with one attached hydrogen (secondary N) is 1. The summed E-state index contributed by atoms with van der Waals surface area (Å²) in [5.74, 6) is 2.27. The second-order valence-corrected chi connectivity index (χ2v) is 4.48. The number of nitrogens with zero attached hydrogens (tertiary/aromatic N) is 2. The van der Waals surface area contributed by atoms with Crippen LogP contribution < -0.4 is 10.1 Å². The fraction of sp³-hybridized carbons (Fsp3) is 0.286. The summed E-state index contributed by atoms with van der Waals surface area (Å²) in [6.07, 6.45) is 0. The molecule has 0 aliphatic rings. The lowest BCUT2D eigenvalue weighted by Crippen LogP contribution is -2.14. The number of para-hydroxylation sites is 1. The van der Waals surface area contributed by atoms with Crippen molar-refractivity contribution in [3.63, 3.8) is 0 Å². The number of ether oxygens (including phenoxy) is 1. The van der Waals surface area contributed by atoms with Gasteiger partial charge in [-0.1, -0.05) is 29.8 Å². The van der Waals surface area contributed by atoms with Gasteiger partial charge in [0.2, 0.25) is 0 Å². The smallest absolute Gasteiger partial charge is 0.137 e. The molecule has 0 aliphatic heterocycles. The Morgan fingerprint density at radius 1 is 1.16 bits per heavy atom. The van der Waals surface area contributed by atoms with Gasteiger partial charge < -0.3 is 10.1 Å². The van der Waals surface area contributed by atoms with E-state index in [4.69, 9.17) is 16.3 Å². The molecule has 5 heteroatoms. The lowest BCUT2D eigenvalue weighted by atomic mass is 10.3. The van der Waals surface area contributed by atoms with Crippen molar-refractivity contribution in [2.24, 2.45) is 0 Å². The molecule has 0 atom stereocenters. The van der Waals surface area contributed by atoms with Gasteiger partial charge in [0, 0.05) is 5.56 Å². The number of anilines is 1. The minimum atomic E-state index is 0.485. The summed E-state index contributed by atoms with van der Waals surface area (Å²) >= 11 is 6.01. The van der Waals surface area contributed by atoms with Crippen LogP contribution in [-0.2, 0) is 0 Å². The van der Waals surface area contributed by atoms with E-state index in [0.29, 0.717) is 24.1 Å². The molecule has 100 valence electrons. The first-order valence-electron chi connectivity index (χ1n) is 6.09. The molecule has 2 aromatic rings. The van der Waals surface area contributed by atoms with E-state index in [9.17, 15) is 0 Å². The summed E-state index contributed by atoms with van der Waals surface area (Å²) in [4.78, 5) is 8.41. The number of aromatic nitrogens is 2. The quantitative estimate of drug-likeness (QED) is 0.673. The van der Waals surface area contributed by atoms with Crippen molar-refractivity contribution in [3.8, 4) is 5.75 Å². The largest absolute Gasteiger partial charge is 0.492 e. The Bertz CT molecular complexity index is 546. The van der Waals surface area contributed by atoms with Crippen molar-refractivity contribution in [1.29, 1.82) is 0 Å². The summed E-state index contributed by atoms with van der Waals surface area (Å²) < 4.78 is 5.59. The van der Waals surface area contributed by atoms with Crippen molar-refractivity contribution in [2.45, 2.75) is 13.8 Å². The number of hydrogen-bond donors (Lipinski definition) is 1. The third-order valence-corrected chi connectivity index (χ3v) is 2.97. The van der Waals surface area contributed by atoms with Gasteiger partial charge in [-0.15, -0.1) is 0 Å². The first-order valence-corrected chi connectivity index (χ1v) is 6.47. The van der Waals surface area contributed by atoms with E-state index in [2.05, 4.69) is 15.3 Å². The van der Waals surface area contributed by atoms with Crippen LogP contribution in [0.1, 0.15) is 11.4 Å². The van der Waals surface area contributed by atoms with Crippen LogP contribution in [0.5, 0.6) is 5.75 Å². The molecule has 1 aromatic carbocycles. The Morgan fingerprint density at radius 2 is 1.89 bits per heavy atom. The lowest BCUT2D eigenvalue weighted by molar-refractivity contribution is 0.332. The molecule has 1 heterocycles. The van der Waals surface area contributed by atoms with Crippen LogP contribution in [0.2, 0.25) is 5.15 Å². The van der Waals surface area contributed by atoms with Gasteiger partial charge in [0.15, 0.2) is 0 Å². The fourth-order valence-electron chi connectivity index (χ4n) is 1.62. The van der Waals surface area contributed by atoms with Gasteiger partial charge in [-0.25, -0.2) is 9.97 Å². The molecule has 0 saturated carbocycles. The Balaban J connectivity index is 1.86. The van der Waals surface area contributed by atoms with Gasteiger partial charge in [0.25, 0.3) is 0 Å². The van der Waals surface area contributed by atoms with E-state index in [1.165, 1.54) is 0 Å². The molecule has 0 unspecified atom stereocenters. The zero-order valence-electron chi connectivity index (χ0n) is 11.0. The molecular formula is C14H16ClN3O. The molecule has 2 rings (SSSR count). The van der Waals surface area contributed by atoms with Crippen molar-refractivity contribution < 1.29 is 4.74 Å². The summed E-state index contributed by atoms with van der Waals surface area (Å²) in [7, 11) is 0. The molecule has 1 aromatic heterocycles. The maximum absolute atomic E-state index is 6.01. The van der Waals surface area contributed by atoms with Gasteiger partial charge in [-0.05, 0) is 26.0 Å². The summed E-state index contributed by atoms with van der Waals surface area (Å²) in [6, 6.07) is 9.70. The summed E-state index contributed by atoms with van der Waals surface area (Å²) in [5.41, 5.74) is 0.854. The molecule has 0 aliphatic carbocycles. The highest BCUT2D eigenvalue weighted by Crippen LogP contribution is 2.19. The van der Waals surface area contributed by atoms with Gasteiger partial charge >= 0.3 is 0 Å². The van der Waals surface area contributed by atoms with Gasteiger partial charge in [0.05, 0.1) is 6.54 Å². The predicted molar refractivity (Wildman–Crippen MR) is 76.9 cm³/mol. The third-order valence-electron chi connectivity index (χ3n) is 2.60.